The average Bonchev–Trinajstić information content (AvgIpc) is 2.90. The van der Waals surface area contributed by atoms with Crippen LogP contribution in [0.25, 0.3) is 0 Å². The zero-order valence-corrected chi connectivity index (χ0v) is 9.14. The summed E-state index contributed by atoms with van der Waals surface area (Å²) in [6, 6.07) is -0.308. The number of likely N-dealkylation sites (tertiary alicyclic amines) is 1. The van der Waals surface area contributed by atoms with Gasteiger partial charge in [-0.25, -0.2) is 0 Å². The SMILES string of the molecule is CC(C)CC(CO)N1C(=O)C2CC2C1=O. The van der Waals surface area contributed by atoms with Gasteiger partial charge in [-0.05, 0) is 18.8 Å². The molecule has 1 N–H and O–H groups in total. The molecule has 0 aromatic heterocycles. The number of imide groups is 1. The van der Waals surface area contributed by atoms with Crippen molar-refractivity contribution in [3.05, 3.63) is 0 Å². The van der Waals surface area contributed by atoms with Crippen LogP contribution in [0.1, 0.15) is 26.7 Å². The summed E-state index contributed by atoms with van der Waals surface area (Å²) in [5.74, 6) is 0.131. The van der Waals surface area contributed by atoms with Crippen molar-refractivity contribution in [2.45, 2.75) is 32.7 Å². The zero-order chi connectivity index (χ0) is 11.2. The molecule has 1 heterocycles. The molecule has 1 saturated heterocycles. The zero-order valence-electron chi connectivity index (χ0n) is 9.14. The van der Waals surface area contributed by atoms with Crippen LogP contribution in [-0.2, 0) is 9.59 Å². The normalized spacial score (nSPS) is 31.1. The van der Waals surface area contributed by atoms with Gasteiger partial charge in [-0.2, -0.15) is 0 Å². The summed E-state index contributed by atoms with van der Waals surface area (Å²) < 4.78 is 0. The number of carbonyl (C=O) groups excluding carboxylic acids is 2. The summed E-state index contributed by atoms with van der Waals surface area (Å²) in [5, 5.41) is 9.23. The van der Waals surface area contributed by atoms with Gasteiger partial charge in [0, 0.05) is 0 Å². The molecule has 1 aliphatic carbocycles. The highest BCUT2D eigenvalue weighted by molar-refractivity contribution is 6.09. The maximum Gasteiger partial charge on any atom is 0.233 e. The molecule has 0 radical (unpaired) electrons. The Morgan fingerprint density at radius 1 is 1.33 bits per heavy atom. The van der Waals surface area contributed by atoms with E-state index in [-0.39, 0.29) is 36.3 Å². The Morgan fingerprint density at radius 2 is 1.87 bits per heavy atom. The van der Waals surface area contributed by atoms with Crippen molar-refractivity contribution in [3.8, 4) is 0 Å². The summed E-state index contributed by atoms with van der Waals surface area (Å²) in [4.78, 5) is 24.8. The number of piperidine rings is 1. The van der Waals surface area contributed by atoms with Gasteiger partial charge in [0.05, 0.1) is 24.5 Å². The highest BCUT2D eigenvalue weighted by atomic mass is 16.3. The minimum absolute atomic E-state index is 0.0567. The minimum atomic E-state index is -0.308. The molecule has 2 rings (SSSR count). The molecule has 84 valence electrons. The van der Waals surface area contributed by atoms with E-state index in [1.807, 2.05) is 13.8 Å². The largest absolute Gasteiger partial charge is 0.394 e. The summed E-state index contributed by atoms with van der Waals surface area (Å²) in [5.41, 5.74) is 0. The van der Waals surface area contributed by atoms with Crippen LogP contribution in [0.4, 0.5) is 0 Å². The van der Waals surface area contributed by atoms with Crippen molar-refractivity contribution in [2.24, 2.45) is 17.8 Å². The topological polar surface area (TPSA) is 57.6 Å². The quantitative estimate of drug-likeness (QED) is 0.685. The van der Waals surface area contributed by atoms with Crippen LogP contribution in [0, 0.1) is 17.8 Å². The van der Waals surface area contributed by atoms with E-state index in [1.165, 1.54) is 4.90 Å². The Morgan fingerprint density at radius 3 is 2.27 bits per heavy atom. The molecule has 0 spiro atoms. The Bertz CT molecular complexity index is 280. The predicted octanol–water partition coefficient (Wildman–Crippen LogP) is 0.398. The van der Waals surface area contributed by atoms with Gasteiger partial charge in [-0.15, -0.1) is 0 Å². The summed E-state index contributed by atoms with van der Waals surface area (Å²) in [6.07, 6.45) is 1.42. The third-order valence-corrected chi connectivity index (χ3v) is 3.22. The highest BCUT2D eigenvalue weighted by Gasteiger charge is 2.60. The fraction of sp³-hybridized carbons (Fsp3) is 0.818. The molecule has 1 saturated carbocycles. The standard InChI is InChI=1S/C11H17NO3/c1-6(2)3-7(5-13)12-10(14)8-4-9(8)11(12)15/h6-9,13H,3-5H2,1-2H3. The van der Waals surface area contributed by atoms with Gasteiger partial charge in [0.2, 0.25) is 11.8 Å². The third kappa shape index (κ3) is 1.67. The molecule has 0 bridgehead atoms. The number of hydrogen-bond acceptors (Lipinski definition) is 3. The second-order valence-corrected chi connectivity index (χ2v) is 4.96. The lowest BCUT2D eigenvalue weighted by Gasteiger charge is -2.27. The van der Waals surface area contributed by atoms with Crippen LogP contribution in [0.15, 0.2) is 0 Å². The lowest BCUT2D eigenvalue weighted by atomic mass is 10.0. The van der Waals surface area contributed by atoms with E-state index in [1.54, 1.807) is 0 Å². The van der Waals surface area contributed by atoms with E-state index in [9.17, 15) is 14.7 Å². The molecule has 3 atom stereocenters. The number of rotatable bonds is 4. The van der Waals surface area contributed by atoms with Crippen LogP contribution in [-0.4, -0.2) is 34.5 Å². The first-order chi connectivity index (χ1) is 7.06. The van der Waals surface area contributed by atoms with E-state index in [4.69, 9.17) is 0 Å². The van der Waals surface area contributed by atoms with Crippen molar-refractivity contribution in [1.82, 2.24) is 4.90 Å². The number of fused-ring (bicyclic) bond motifs is 1. The van der Waals surface area contributed by atoms with Gasteiger partial charge >= 0.3 is 0 Å². The van der Waals surface area contributed by atoms with E-state index < -0.39 is 0 Å². The van der Waals surface area contributed by atoms with Gasteiger partial charge in [-0.3, -0.25) is 14.5 Å². The maximum atomic E-state index is 11.7. The van der Waals surface area contributed by atoms with Crippen molar-refractivity contribution in [2.75, 3.05) is 6.61 Å². The fourth-order valence-corrected chi connectivity index (χ4v) is 2.37. The fourth-order valence-electron chi connectivity index (χ4n) is 2.37. The Hall–Kier alpha value is -0.900. The van der Waals surface area contributed by atoms with Crippen LogP contribution in [0.2, 0.25) is 0 Å². The van der Waals surface area contributed by atoms with Gasteiger partial charge in [0.1, 0.15) is 0 Å². The number of aliphatic hydroxyl groups is 1. The molecule has 1 aliphatic heterocycles. The lowest BCUT2D eigenvalue weighted by Crippen LogP contribution is -2.44. The highest BCUT2D eigenvalue weighted by Crippen LogP contribution is 2.47. The summed E-state index contributed by atoms with van der Waals surface area (Å²) in [7, 11) is 0. The van der Waals surface area contributed by atoms with Crippen molar-refractivity contribution < 1.29 is 14.7 Å². The van der Waals surface area contributed by atoms with Gasteiger partial charge in [-0.1, -0.05) is 13.8 Å². The predicted molar refractivity (Wildman–Crippen MR) is 53.8 cm³/mol. The van der Waals surface area contributed by atoms with Gasteiger partial charge in [0.15, 0.2) is 0 Å². The van der Waals surface area contributed by atoms with Crippen molar-refractivity contribution >= 4 is 11.8 Å². The first-order valence-corrected chi connectivity index (χ1v) is 5.54. The van der Waals surface area contributed by atoms with Crippen LogP contribution in [0.3, 0.4) is 0 Å². The monoisotopic (exact) mass is 211 g/mol. The van der Waals surface area contributed by atoms with Crippen LogP contribution >= 0.6 is 0 Å². The van der Waals surface area contributed by atoms with Crippen LogP contribution < -0.4 is 0 Å². The lowest BCUT2D eigenvalue weighted by molar-refractivity contribution is -0.145. The maximum absolute atomic E-state index is 11.7. The summed E-state index contributed by atoms with van der Waals surface area (Å²) >= 11 is 0. The third-order valence-electron chi connectivity index (χ3n) is 3.22. The first kappa shape index (κ1) is 10.6. The van der Waals surface area contributed by atoms with Gasteiger partial charge < -0.3 is 5.11 Å². The molecule has 2 amide bonds. The molecule has 15 heavy (non-hydrogen) atoms. The molecule has 4 nitrogen and oxygen atoms in total. The molecule has 0 aromatic rings. The molecular formula is C11H17NO3. The molecule has 0 aromatic carbocycles. The second-order valence-electron chi connectivity index (χ2n) is 4.96. The molecule has 2 aliphatic rings. The van der Waals surface area contributed by atoms with Crippen LogP contribution in [0.5, 0.6) is 0 Å². The van der Waals surface area contributed by atoms with E-state index in [2.05, 4.69) is 0 Å². The average molecular weight is 211 g/mol. The van der Waals surface area contributed by atoms with E-state index >= 15 is 0 Å². The smallest absolute Gasteiger partial charge is 0.233 e. The number of nitrogens with zero attached hydrogens (tertiary/aromatic N) is 1. The Balaban J connectivity index is 2.08. The molecule has 2 fully saturated rings. The Kier molecular flexibility index (Phi) is 2.54. The minimum Gasteiger partial charge on any atom is -0.394 e. The molecule has 4 heteroatoms. The van der Waals surface area contributed by atoms with E-state index in [0.29, 0.717) is 12.3 Å². The summed E-state index contributed by atoms with van der Waals surface area (Å²) in [6.45, 7) is 3.93. The number of carbonyl (C=O) groups is 2. The van der Waals surface area contributed by atoms with E-state index in [0.717, 1.165) is 6.42 Å². The Labute approximate surface area is 89.3 Å². The molecule has 3 unspecified atom stereocenters. The first-order valence-electron chi connectivity index (χ1n) is 5.54. The number of aliphatic hydroxyl groups excluding tert-OH is 1. The van der Waals surface area contributed by atoms with Crippen molar-refractivity contribution in [1.29, 1.82) is 0 Å². The second kappa shape index (κ2) is 3.59. The van der Waals surface area contributed by atoms with Crippen molar-refractivity contribution in [3.63, 3.8) is 0 Å². The number of amides is 2. The molecular weight excluding hydrogens is 194 g/mol. The number of hydrogen-bond donors (Lipinski definition) is 1. The van der Waals surface area contributed by atoms with Gasteiger partial charge in [0.25, 0.3) is 0 Å².